The third-order valence-corrected chi connectivity index (χ3v) is 6.27. The van der Waals surface area contributed by atoms with Crippen LogP contribution in [0.15, 0.2) is 65.6 Å². The second kappa shape index (κ2) is 8.75. The summed E-state index contributed by atoms with van der Waals surface area (Å²) in [6.45, 7) is 3.15. The van der Waals surface area contributed by atoms with E-state index in [0.717, 1.165) is 0 Å². The molecule has 0 aromatic heterocycles. The molecule has 0 heterocycles. The fourth-order valence-corrected chi connectivity index (χ4v) is 4.43. The summed E-state index contributed by atoms with van der Waals surface area (Å²) >= 11 is 5.83. The number of halogens is 1. The predicted octanol–water partition coefficient (Wildman–Crippen LogP) is 4.92. The Morgan fingerprint density at radius 1 is 0.968 bits per heavy atom. The average molecular weight is 460 g/mol. The number of anilines is 2. The molecule has 0 spiro atoms. The first-order chi connectivity index (χ1) is 14.6. The maximum Gasteiger partial charge on any atom is 0.285 e. The monoisotopic (exact) mass is 459 g/mol. The Labute approximate surface area is 184 Å². The zero-order valence-electron chi connectivity index (χ0n) is 16.5. The van der Waals surface area contributed by atoms with Crippen LogP contribution in [0, 0.1) is 24.0 Å². The Kier molecular flexibility index (Phi) is 6.28. The SMILES string of the molecule is Cc1ccc(NC(=O)c2cccc(C)c2[N+](=O)[O-])cc1S(=O)(=O)Nc1ccc(Cl)cc1. The molecule has 0 saturated carbocycles. The van der Waals surface area contributed by atoms with Crippen LogP contribution in [0.4, 0.5) is 17.1 Å². The van der Waals surface area contributed by atoms with Gasteiger partial charge in [0, 0.05) is 22.0 Å². The van der Waals surface area contributed by atoms with Gasteiger partial charge in [0.25, 0.3) is 21.6 Å². The number of hydrogen-bond donors (Lipinski definition) is 2. The van der Waals surface area contributed by atoms with Gasteiger partial charge in [-0.2, -0.15) is 0 Å². The largest absolute Gasteiger partial charge is 0.322 e. The van der Waals surface area contributed by atoms with E-state index in [1.807, 2.05) is 0 Å². The van der Waals surface area contributed by atoms with Crippen molar-refractivity contribution in [1.82, 2.24) is 0 Å². The average Bonchev–Trinajstić information content (AvgIpc) is 2.70. The lowest BCUT2D eigenvalue weighted by Crippen LogP contribution is -2.17. The number of hydrogen-bond acceptors (Lipinski definition) is 5. The molecule has 0 fully saturated rings. The van der Waals surface area contributed by atoms with Crippen molar-refractivity contribution in [3.05, 3.63) is 92.5 Å². The van der Waals surface area contributed by atoms with Gasteiger partial charge in [0.05, 0.1) is 9.82 Å². The molecule has 0 radical (unpaired) electrons. The van der Waals surface area contributed by atoms with Crippen LogP contribution in [0.1, 0.15) is 21.5 Å². The first kappa shape index (κ1) is 22.3. The molecule has 8 nitrogen and oxygen atoms in total. The van der Waals surface area contributed by atoms with E-state index in [1.165, 1.54) is 55.5 Å². The van der Waals surface area contributed by atoms with Crippen LogP contribution in [-0.4, -0.2) is 19.2 Å². The molecule has 0 saturated heterocycles. The summed E-state index contributed by atoms with van der Waals surface area (Å²) in [7, 11) is -3.96. The number of nitro groups is 1. The molecule has 3 rings (SSSR count). The summed E-state index contributed by atoms with van der Waals surface area (Å²) in [6.07, 6.45) is 0. The highest BCUT2D eigenvalue weighted by Gasteiger charge is 2.23. The quantitative estimate of drug-likeness (QED) is 0.400. The fraction of sp³-hybridized carbons (Fsp3) is 0.0952. The van der Waals surface area contributed by atoms with E-state index in [0.29, 0.717) is 21.8 Å². The lowest BCUT2D eigenvalue weighted by Gasteiger charge is -2.13. The van der Waals surface area contributed by atoms with Crippen molar-refractivity contribution in [3.8, 4) is 0 Å². The molecule has 0 bridgehead atoms. The maximum absolute atomic E-state index is 12.9. The molecule has 0 aliphatic heterocycles. The standard InChI is InChI=1S/C21H18ClN3O5S/c1-13-6-9-17(23-21(26)18-5-3-4-14(2)20(18)25(27)28)12-19(13)31(29,30)24-16-10-7-15(22)8-11-16/h3-12,24H,1-2H3,(H,23,26). The number of para-hydroxylation sites is 1. The summed E-state index contributed by atoms with van der Waals surface area (Å²) in [5.41, 5.74) is 0.896. The Bertz CT molecular complexity index is 1270. The van der Waals surface area contributed by atoms with E-state index in [1.54, 1.807) is 19.1 Å². The Morgan fingerprint density at radius 2 is 1.61 bits per heavy atom. The molecule has 2 N–H and O–H groups in total. The summed E-state index contributed by atoms with van der Waals surface area (Å²) in [5, 5.41) is 14.4. The van der Waals surface area contributed by atoms with Crippen molar-refractivity contribution in [3.63, 3.8) is 0 Å². The van der Waals surface area contributed by atoms with E-state index in [-0.39, 0.29) is 21.8 Å². The van der Waals surface area contributed by atoms with Crippen molar-refractivity contribution in [2.24, 2.45) is 0 Å². The van der Waals surface area contributed by atoms with E-state index in [4.69, 9.17) is 11.6 Å². The van der Waals surface area contributed by atoms with Crippen molar-refractivity contribution in [2.75, 3.05) is 10.0 Å². The van der Waals surface area contributed by atoms with E-state index in [9.17, 15) is 23.3 Å². The highest BCUT2D eigenvalue weighted by molar-refractivity contribution is 7.92. The zero-order valence-corrected chi connectivity index (χ0v) is 18.1. The second-order valence-corrected chi connectivity index (χ2v) is 8.86. The lowest BCUT2D eigenvalue weighted by molar-refractivity contribution is -0.385. The number of aryl methyl sites for hydroxylation is 2. The van der Waals surface area contributed by atoms with E-state index >= 15 is 0 Å². The first-order valence-corrected chi connectivity index (χ1v) is 10.9. The number of amides is 1. The third-order valence-electron chi connectivity index (χ3n) is 4.50. The highest BCUT2D eigenvalue weighted by Crippen LogP contribution is 2.26. The van der Waals surface area contributed by atoms with Gasteiger partial charge < -0.3 is 5.32 Å². The molecule has 3 aromatic carbocycles. The summed E-state index contributed by atoms with van der Waals surface area (Å²) in [4.78, 5) is 23.4. The van der Waals surface area contributed by atoms with Gasteiger partial charge in [-0.15, -0.1) is 0 Å². The van der Waals surface area contributed by atoms with Crippen molar-refractivity contribution < 1.29 is 18.1 Å². The van der Waals surface area contributed by atoms with Gasteiger partial charge in [0.2, 0.25) is 0 Å². The number of carbonyl (C=O) groups is 1. The normalized spacial score (nSPS) is 11.1. The van der Waals surface area contributed by atoms with Crippen molar-refractivity contribution in [1.29, 1.82) is 0 Å². The van der Waals surface area contributed by atoms with Crippen LogP contribution in [0.25, 0.3) is 0 Å². The van der Waals surface area contributed by atoms with E-state index < -0.39 is 20.9 Å². The van der Waals surface area contributed by atoms with Gasteiger partial charge in [-0.05, 0) is 61.9 Å². The molecule has 160 valence electrons. The molecule has 1 amide bonds. The minimum absolute atomic E-state index is 0.0426. The number of sulfonamides is 1. The van der Waals surface area contributed by atoms with Gasteiger partial charge in [0.15, 0.2) is 0 Å². The molecule has 31 heavy (non-hydrogen) atoms. The molecule has 0 atom stereocenters. The summed E-state index contributed by atoms with van der Waals surface area (Å²) in [5.74, 6) is -0.715. The summed E-state index contributed by atoms with van der Waals surface area (Å²) < 4.78 is 28.2. The number of nitrogens with zero attached hydrogens (tertiary/aromatic N) is 1. The molecule has 0 unspecified atom stereocenters. The van der Waals surface area contributed by atoms with Crippen molar-refractivity contribution >= 4 is 44.6 Å². The molecular formula is C21H18ClN3O5S. The zero-order chi connectivity index (χ0) is 22.8. The molecular weight excluding hydrogens is 442 g/mol. The molecule has 10 heteroatoms. The maximum atomic E-state index is 12.9. The van der Waals surface area contributed by atoms with Gasteiger partial charge in [-0.3, -0.25) is 19.6 Å². The number of nitro benzene ring substituents is 1. The topological polar surface area (TPSA) is 118 Å². The smallest absolute Gasteiger partial charge is 0.285 e. The van der Waals surface area contributed by atoms with Crippen LogP contribution in [0.3, 0.4) is 0 Å². The lowest BCUT2D eigenvalue weighted by atomic mass is 10.1. The van der Waals surface area contributed by atoms with Crippen LogP contribution >= 0.6 is 11.6 Å². The predicted molar refractivity (Wildman–Crippen MR) is 119 cm³/mol. The van der Waals surface area contributed by atoms with Crippen LogP contribution in [0.2, 0.25) is 5.02 Å². The minimum Gasteiger partial charge on any atom is -0.322 e. The Hall–Kier alpha value is -3.43. The minimum atomic E-state index is -3.96. The van der Waals surface area contributed by atoms with Gasteiger partial charge in [-0.25, -0.2) is 8.42 Å². The van der Waals surface area contributed by atoms with Gasteiger partial charge in [-0.1, -0.05) is 29.8 Å². The summed E-state index contributed by atoms with van der Waals surface area (Å²) in [6, 6.07) is 14.9. The van der Waals surface area contributed by atoms with Crippen LogP contribution in [-0.2, 0) is 10.0 Å². The number of rotatable bonds is 6. The van der Waals surface area contributed by atoms with E-state index in [2.05, 4.69) is 10.0 Å². The first-order valence-electron chi connectivity index (χ1n) is 9.03. The third kappa shape index (κ3) is 5.01. The van der Waals surface area contributed by atoms with Crippen LogP contribution in [0.5, 0.6) is 0 Å². The molecule has 3 aromatic rings. The number of nitrogens with one attached hydrogen (secondary N) is 2. The second-order valence-electron chi connectivity index (χ2n) is 6.77. The fourth-order valence-electron chi connectivity index (χ4n) is 2.98. The number of carbonyl (C=O) groups excluding carboxylic acids is 1. The van der Waals surface area contributed by atoms with Gasteiger partial charge >= 0.3 is 0 Å². The van der Waals surface area contributed by atoms with Crippen LogP contribution < -0.4 is 10.0 Å². The Morgan fingerprint density at radius 3 is 2.26 bits per heavy atom. The highest BCUT2D eigenvalue weighted by atomic mass is 35.5. The van der Waals surface area contributed by atoms with Gasteiger partial charge in [0.1, 0.15) is 5.56 Å². The Balaban J connectivity index is 1.91. The molecule has 0 aliphatic rings. The number of benzene rings is 3. The molecule has 0 aliphatic carbocycles. The van der Waals surface area contributed by atoms with Crippen molar-refractivity contribution in [2.45, 2.75) is 18.7 Å².